The summed E-state index contributed by atoms with van der Waals surface area (Å²) in [5.74, 6) is -2.51. The highest BCUT2D eigenvalue weighted by Gasteiger charge is 2.10. The first-order valence-electron chi connectivity index (χ1n) is 6.30. The molecule has 21 heavy (non-hydrogen) atoms. The first-order chi connectivity index (χ1) is 10.1. The summed E-state index contributed by atoms with van der Waals surface area (Å²) in [5, 5.41) is 6.90. The van der Waals surface area contributed by atoms with Gasteiger partial charge in [-0.1, -0.05) is 6.07 Å². The second kappa shape index (κ2) is 5.32. The fourth-order valence-electron chi connectivity index (χ4n) is 1.99. The minimum Gasteiger partial charge on any atom is -0.346 e. The highest BCUT2D eigenvalue weighted by atomic mass is 19.2. The summed E-state index contributed by atoms with van der Waals surface area (Å²) in [6.45, 7) is 0.208. The number of hydrogen-bond donors (Lipinski definition) is 1. The molecule has 0 radical (unpaired) electrons. The van der Waals surface area contributed by atoms with E-state index in [-0.39, 0.29) is 12.1 Å². The maximum atomic E-state index is 13.1. The molecule has 0 atom stereocenters. The molecule has 0 spiro atoms. The van der Waals surface area contributed by atoms with Gasteiger partial charge in [0.2, 0.25) is 0 Å². The predicted molar refractivity (Wildman–Crippen MR) is 72.7 cm³/mol. The van der Waals surface area contributed by atoms with Crippen molar-refractivity contribution in [3.63, 3.8) is 0 Å². The number of amides is 1. The van der Waals surface area contributed by atoms with Crippen LogP contribution in [0.25, 0.3) is 5.52 Å². The normalized spacial score (nSPS) is 10.8. The highest BCUT2D eigenvalue weighted by molar-refractivity contribution is 5.94. The van der Waals surface area contributed by atoms with Crippen molar-refractivity contribution in [1.82, 2.24) is 14.9 Å². The van der Waals surface area contributed by atoms with E-state index in [4.69, 9.17) is 0 Å². The molecule has 6 heteroatoms. The summed E-state index contributed by atoms with van der Waals surface area (Å²) in [6, 6.07) is 10.5. The van der Waals surface area contributed by atoms with Gasteiger partial charge in [-0.05, 0) is 36.4 Å². The minimum atomic E-state index is -1.05. The summed E-state index contributed by atoms with van der Waals surface area (Å²) >= 11 is 0. The molecule has 2 aromatic heterocycles. The molecular formula is C15H11F2N3O. The molecule has 1 amide bonds. The van der Waals surface area contributed by atoms with Crippen molar-refractivity contribution < 1.29 is 13.6 Å². The summed E-state index contributed by atoms with van der Waals surface area (Å²) in [6.07, 6.45) is 1.80. The number of nitrogens with zero attached hydrogens (tertiary/aromatic N) is 2. The van der Waals surface area contributed by atoms with Crippen LogP contribution in [0, 0.1) is 11.6 Å². The summed E-state index contributed by atoms with van der Waals surface area (Å²) in [7, 11) is 0. The summed E-state index contributed by atoms with van der Waals surface area (Å²) in [5.41, 5.74) is 1.66. The number of aromatic nitrogens is 2. The van der Waals surface area contributed by atoms with Crippen LogP contribution in [-0.2, 0) is 6.54 Å². The molecule has 106 valence electrons. The second-order valence-corrected chi connectivity index (χ2v) is 4.52. The van der Waals surface area contributed by atoms with Crippen LogP contribution in [0.1, 0.15) is 16.1 Å². The van der Waals surface area contributed by atoms with Crippen LogP contribution in [0.4, 0.5) is 8.78 Å². The molecule has 0 unspecified atom stereocenters. The third-order valence-electron chi connectivity index (χ3n) is 3.03. The largest absolute Gasteiger partial charge is 0.346 e. The lowest BCUT2D eigenvalue weighted by Crippen LogP contribution is -2.23. The third kappa shape index (κ3) is 2.74. The predicted octanol–water partition coefficient (Wildman–Crippen LogP) is 2.54. The Kier molecular flexibility index (Phi) is 3.35. The molecule has 0 aliphatic rings. The van der Waals surface area contributed by atoms with Gasteiger partial charge in [0, 0.05) is 11.8 Å². The maximum Gasteiger partial charge on any atom is 0.251 e. The molecule has 0 fully saturated rings. The van der Waals surface area contributed by atoms with E-state index in [0.717, 1.165) is 17.6 Å². The van der Waals surface area contributed by atoms with Crippen molar-refractivity contribution in [1.29, 1.82) is 0 Å². The van der Waals surface area contributed by atoms with Gasteiger partial charge in [0.05, 0.1) is 17.8 Å². The lowest BCUT2D eigenvalue weighted by Gasteiger charge is -2.03. The van der Waals surface area contributed by atoms with E-state index in [1.807, 2.05) is 24.3 Å². The molecule has 1 N–H and O–H groups in total. The number of nitrogens with one attached hydrogen (secondary N) is 1. The van der Waals surface area contributed by atoms with Crippen molar-refractivity contribution in [2.24, 2.45) is 0 Å². The number of carbonyl (C=O) groups is 1. The van der Waals surface area contributed by atoms with Crippen molar-refractivity contribution in [2.75, 3.05) is 0 Å². The zero-order valence-corrected chi connectivity index (χ0v) is 10.9. The SMILES string of the molecule is O=C(NCc1cc2ccccn2n1)c1ccc(F)c(F)c1. The van der Waals surface area contributed by atoms with Crippen LogP contribution in [0.3, 0.4) is 0 Å². The average Bonchev–Trinajstić information content (AvgIpc) is 2.90. The number of benzene rings is 1. The fraction of sp³-hybridized carbons (Fsp3) is 0.0667. The Morgan fingerprint density at radius 1 is 1.14 bits per heavy atom. The lowest BCUT2D eigenvalue weighted by atomic mass is 10.2. The van der Waals surface area contributed by atoms with E-state index >= 15 is 0 Å². The molecule has 2 heterocycles. The van der Waals surface area contributed by atoms with Gasteiger partial charge in [-0.25, -0.2) is 13.3 Å². The van der Waals surface area contributed by atoms with Crippen LogP contribution in [0.2, 0.25) is 0 Å². The number of rotatable bonds is 3. The summed E-state index contributed by atoms with van der Waals surface area (Å²) < 4.78 is 27.6. The van der Waals surface area contributed by atoms with Crippen LogP contribution in [0.15, 0.2) is 48.7 Å². The van der Waals surface area contributed by atoms with Crippen LogP contribution in [0.5, 0.6) is 0 Å². The zero-order chi connectivity index (χ0) is 14.8. The maximum absolute atomic E-state index is 13.1. The van der Waals surface area contributed by atoms with E-state index in [1.165, 1.54) is 6.07 Å². The Bertz CT molecular complexity index is 781. The standard InChI is InChI=1S/C15H11F2N3O/c16-13-5-4-10(7-14(13)17)15(21)18-9-11-8-12-3-1-2-6-20(12)19-11/h1-8H,9H2,(H,18,21). The van der Waals surface area contributed by atoms with Crippen molar-refractivity contribution in [3.05, 3.63) is 71.6 Å². The van der Waals surface area contributed by atoms with E-state index in [2.05, 4.69) is 10.4 Å². The van der Waals surface area contributed by atoms with Gasteiger partial charge >= 0.3 is 0 Å². The number of hydrogen-bond acceptors (Lipinski definition) is 2. The number of halogens is 2. The smallest absolute Gasteiger partial charge is 0.251 e. The fourth-order valence-corrected chi connectivity index (χ4v) is 1.99. The Morgan fingerprint density at radius 3 is 2.76 bits per heavy atom. The summed E-state index contributed by atoms with van der Waals surface area (Å²) in [4.78, 5) is 11.9. The topological polar surface area (TPSA) is 46.4 Å². The van der Waals surface area contributed by atoms with Gasteiger partial charge < -0.3 is 5.32 Å². The lowest BCUT2D eigenvalue weighted by molar-refractivity contribution is 0.0950. The third-order valence-corrected chi connectivity index (χ3v) is 3.03. The average molecular weight is 287 g/mol. The quantitative estimate of drug-likeness (QED) is 0.804. The minimum absolute atomic E-state index is 0.0673. The molecule has 0 saturated carbocycles. The zero-order valence-electron chi connectivity index (χ0n) is 10.9. The Labute approximate surface area is 119 Å². The molecule has 0 aliphatic heterocycles. The molecule has 1 aromatic carbocycles. The monoisotopic (exact) mass is 287 g/mol. The van der Waals surface area contributed by atoms with Crippen molar-refractivity contribution >= 4 is 11.4 Å². The van der Waals surface area contributed by atoms with Crippen LogP contribution >= 0.6 is 0 Å². The van der Waals surface area contributed by atoms with E-state index in [1.54, 1.807) is 10.7 Å². The van der Waals surface area contributed by atoms with Gasteiger partial charge in [0.15, 0.2) is 11.6 Å². The van der Waals surface area contributed by atoms with Crippen LogP contribution in [-0.4, -0.2) is 15.5 Å². The van der Waals surface area contributed by atoms with E-state index in [9.17, 15) is 13.6 Å². The Morgan fingerprint density at radius 2 is 2.00 bits per heavy atom. The molecule has 0 aliphatic carbocycles. The second-order valence-electron chi connectivity index (χ2n) is 4.52. The number of fused-ring (bicyclic) bond motifs is 1. The van der Waals surface area contributed by atoms with E-state index in [0.29, 0.717) is 5.69 Å². The van der Waals surface area contributed by atoms with Gasteiger partial charge in [0.25, 0.3) is 5.91 Å². The number of pyridine rings is 1. The van der Waals surface area contributed by atoms with E-state index < -0.39 is 17.5 Å². The highest BCUT2D eigenvalue weighted by Crippen LogP contribution is 2.09. The molecule has 3 aromatic rings. The first kappa shape index (κ1) is 13.2. The van der Waals surface area contributed by atoms with Gasteiger partial charge in [-0.3, -0.25) is 4.79 Å². The Hall–Kier alpha value is -2.76. The number of carbonyl (C=O) groups excluding carboxylic acids is 1. The molecule has 0 saturated heterocycles. The molecular weight excluding hydrogens is 276 g/mol. The molecule has 4 nitrogen and oxygen atoms in total. The van der Waals surface area contributed by atoms with Crippen molar-refractivity contribution in [2.45, 2.75) is 6.54 Å². The van der Waals surface area contributed by atoms with Gasteiger partial charge in [0.1, 0.15) is 0 Å². The van der Waals surface area contributed by atoms with Crippen molar-refractivity contribution in [3.8, 4) is 0 Å². The Balaban J connectivity index is 1.71. The van der Waals surface area contributed by atoms with Gasteiger partial charge in [-0.15, -0.1) is 0 Å². The van der Waals surface area contributed by atoms with Crippen LogP contribution < -0.4 is 5.32 Å². The first-order valence-corrected chi connectivity index (χ1v) is 6.30. The molecule has 0 bridgehead atoms. The van der Waals surface area contributed by atoms with Gasteiger partial charge in [-0.2, -0.15) is 5.10 Å². The molecule has 3 rings (SSSR count).